The Hall–Kier alpha value is -6.34. The number of nitriles is 2. The highest BCUT2D eigenvalue weighted by molar-refractivity contribution is 5.97. The van der Waals surface area contributed by atoms with Crippen LogP contribution in [0.25, 0.3) is 21.8 Å². The molecule has 0 radical (unpaired) electrons. The minimum Gasteiger partial charge on any atom is -0.476 e. The summed E-state index contributed by atoms with van der Waals surface area (Å²) in [6.45, 7) is 9.67. The average Bonchev–Trinajstić information content (AvgIpc) is 3.99. The van der Waals surface area contributed by atoms with Gasteiger partial charge >= 0.3 is 5.97 Å². The maximum atomic E-state index is 12.4. The van der Waals surface area contributed by atoms with Crippen LogP contribution < -0.4 is 9.80 Å². The molecular weight excluding hydrogens is 672 g/mol. The molecule has 6 heterocycles. The van der Waals surface area contributed by atoms with Gasteiger partial charge in [-0.2, -0.15) is 10.5 Å². The lowest BCUT2D eigenvalue weighted by atomic mass is 9.91. The summed E-state index contributed by atoms with van der Waals surface area (Å²) in [6, 6.07) is 16.5. The monoisotopic (exact) mass is 714 g/mol. The molecule has 13 heteroatoms. The average molecular weight is 715 g/mol. The number of nitrogens with zero attached hydrogens (tertiary/aromatic N) is 6. The first kappa shape index (κ1) is 36.5. The first-order valence-corrected chi connectivity index (χ1v) is 17.8. The van der Waals surface area contributed by atoms with Gasteiger partial charge in [0.05, 0.1) is 22.2 Å². The molecule has 2 saturated heterocycles. The molecule has 0 amide bonds. The predicted octanol–water partition coefficient (Wildman–Crippen LogP) is 7.78. The minimum absolute atomic E-state index is 0.0420. The molecule has 53 heavy (non-hydrogen) atoms. The normalized spacial score (nSPS) is 16.9. The van der Waals surface area contributed by atoms with E-state index in [1.807, 2.05) is 36.7 Å². The molecule has 2 atom stereocenters. The zero-order chi connectivity index (χ0) is 37.5. The molecule has 3 N–H and O–H groups in total. The van der Waals surface area contributed by atoms with E-state index in [9.17, 15) is 14.9 Å². The fourth-order valence-corrected chi connectivity index (χ4v) is 7.20. The van der Waals surface area contributed by atoms with Crippen molar-refractivity contribution in [2.45, 2.75) is 52.9 Å². The number of H-pyrrole nitrogens is 2. The fourth-order valence-electron chi connectivity index (χ4n) is 7.20. The number of aromatic carboxylic acids is 1. The molecule has 2 aliphatic rings. The molecule has 0 bridgehead atoms. The molecule has 2 aliphatic heterocycles. The number of piperidine rings is 2. The second kappa shape index (κ2) is 16.3. The van der Waals surface area contributed by atoms with E-state index in [1.54, 1.807) is 13.8 Å². The van der Waals surface area contributed by atoms with Crippen molar-refractivity contribution in [2.24, 2.45) is 11.8 Å². The number of rotatable bonds is 6. The fraction of sp³-hybridized carbons (Fsp3) is 0.350. The van der Waals surface area contributed by atoms with Crippen molar-refractivity contribution >= 4 is 44.9 Å². The van der Waals surface area contributed by atoms with Crippen LogP contribution >= 0.6 is 0 Å². The molecule has 272 valence electrons. The number of carboxylic acid groups (broad SMARTS) is 1. The van der Waals surface area contributed by atoms with Gasteiger partial charge in [0.1, 0.15) is 30.4 Å². The summed E-state index contributed by atoms with van der Waals surface area (Å²) in [7, 11) is 0. The Balaban J connectivity index is 0.000000153. The first-order valence-electron chi connectivity index (χ1n) is 17.8. The number of ketones is 1. The van der Waals surface area contributed by atoms with E-state index in [1.165, 1.54) is 30.2 Å². The van der Waals surface area contributed by atoms with Gasteiger partial charge in [0, 0.05) is 81.0 Å². The Morgan fingerprint density at radius 3 is 1.81 bits per heavy atom. The second-order valence-electron chi connectivity index (χ2n) is 13.6. The van der Waals surface area contributed by atoms with Crippen molar-refractivity contribution in [1.29, 1.82) is 10.5 Å². The van der Waals surface area contributed by atoms with Crippen molar-refractivity contribution < 1.29 is 23.5 Å². The quantitative estimate of drug-likeness (QED) is 0.143. The van der Waals surface area contributed by atoms with Gasteiger partial charge in [-0.05, 0) is 73.9 Å². The van der Waals surface area contributed by atoms with E-state index in [0.29, 0.717) is 29.5 Å². The summed E-state index contributed by atoms with van der Waals surface area (Å²) in [4.78, 5) is 41.3. The molecule has 0 saturated carbocycles. The number of aromatic amines is 2. The lowest BCUT2D eigenvalue weighted by Crippen LogP contribution is -2.36. The van der Waals surface area contributed by atoms with Crippen LogP contribution in [0.2, 0.25) is 0 Å². The number of carbonyl (C=O) groups is 2. The Bertz CT molecular complexity index is 2300. The van der Waals surface area contributed by atoms with Gasteiger partial charge in [-0.15, -0.1) is 0 Å². The van der Waals surface area contributed by atoms with Crippen molar-refractivity contribution in [3.05, 3.63) is 95.6 Å². The van der Waals surface area contributed by atoms with Crippen LogP contribution in [-0.4, -0.2) is 63.0 Å². The summed E-state index contributed by atoms with van der Waals surface area (Å²) in [6.07, 6.45) is 11.5. The van der Waals surface area contributed by atoms with Crippen molar-refractivity contribution in [1.82, 2.24) is 19.9 Å². The Kier molecular flexibility index (Phi) is 11.2. The van der Waals surface area contributed by atoms with Gasteiger partial charge in [0.25, 0.3) is 0 Å². The number of nitrogens with one attached hydrogen (secondary N) is 2. The van der Waals surface area contributed by atoms with Crippen LogP contribution in [0.15, 0.2) is 70.2 Å². The maximum absolute atomic E-state index is 12.4. The molecule has 4 aromatic heterocycles. The number of oxazole rings is 2. The highest BCUT2D eigenvalue weighted by Gasteiger charge is 2.25. The third-order valence-electron chi connectivity index (χ3n) is 9.72. The number of Topliss-reactive ketones (excluding diaryl/α,β-unsaturated/α-hetero) is 1. The van der Waals surface area contributed by atoms with E-state index in [4.69, 9.17) is 14.8 Å². The molecule has 2 aromatic carbocycles. The van der Waals surface area contributed by atoms with Gasteiger partial charge in [-0.3, -0.25) is 4.79 Å². The molecule has 0 spiro atoms. The Morgan fingerprint density at radius 2 is 1.34 bits per heavy atom. The number of carbonyl (C=O) groups excluding carboxylic acids is 1. The molecule has 8 rings (SSSR count). The van der Waals surface area contributed by atoms with Crippen molar-refractivity contribution in [3.8, 4) is 12.1 Å². The lowest BCUT2D eigenvalue weighted by Gasteiger charge is -2.34. The first-order chi connectivity index (χ1) is 25.6. The van der Waals surface area contributed by atoms with Gasteiger partial charge in [-0.25, -0.2) is 14.8 Å². The summed E-state index contributed by atoms with van der Waals surface area (Å²) in [5, 5.41) is 28.9. The van der Waals surface area contributed by atoms with Crippen LogP contribution in [0.1, 0.15) is 82.9 Å². The zero-order valence-electron chi connectivity index (χ0n) is 30.1. The predicted molar refractivity (Wildman–Crippen MR) is 200 cm³/mol. The van der Waals surface area contributed by atoms with Crippen LogP contribution in [0, 0.1) is 48.3 Å². The molecule has 6 aromatic rings. The molecule has 2 fully saturated rings. The number of fused-ring (bicyclic) bond motifs is 2. The third-order valence-corrected chi connectivity index (χ3v) is 9.72. The highest BCUT2D eigenvalue weighted by Crippen LogP contribution is 2.33. The van der Waals surface area contributed by atoms with Gasteiger partial charge in [-0.1, -0.05) is 6.92 Å². The summed E-state index contributed by atoms with van der Waals surface area (Å²) >= 11 is 0. The SMILES string of the molecule is C[C@@H]1CCCN(c2ccc(C#N)c3[nH]ccc23)C1.Cc1nc(C(=O)C[C@@H]2CCCN(c3ccc(C#N)c4[nH]ccc34)C2)co1.Cc1nc(C(=O)O)co1. The standard InChI is InChI=1S/C20H20N4O2.C15H17N3.C5H5NO3/c1-13-23-17(12-26-13)19(25)9-14-3-2-8-24(11-14)18-5-4-15(10-21)20-16(18)6-7-22-20;1-11-3-2-8-18(10-11)14-5-4-12(9-16)15-13(14)6-7-17-15;1-3-6-4(2-9-3)5(7)8/h4-7,12,14,22H,2-3,8-9,11H2,1H3;4-7,11,17H,2-3,8,10H2,1H3;2H,1H3,(H,7,8)/t14-;11-;/m01./s1. The largest absolute Gasteiger partial charge is 0.476 e. The van der Waals surface area contributed by atoms with E-state index in [2.05, 4.69) is 65.3 Å². The van der Waals surface area contributed by atoms with Crippen molar-refractivity contribution in [3.63, 3.8) is 0 Å². The topological polar surface area (TPSA) is 192 Å². The van der Waals surface area contributed by atoms with Gasteiger partial charge in [0.15, 0.2) is 23.3 Å². The van der Waals surface area contributed by atoms with E-state index in [0.717, 1.165) is 78.9 Å². The number of hydrogen-bond donors (Lipinski definition) is 3. The van der Waals surface area contributed by atoms with Gasteiger partial charge in [0.2, 0.25) is 0 Å². The number of hydrogen-bond acceptors (Lipinski definition) is 10. The number of anilines is 2. The Labute approximate surface area is 306 Å². The van der Waals surface area contributed by atoms with Crippen LogP contribution in [-0.2, 0) is 0 Å². The van der Waals surface area contributed by atoms with Crippen LogP contribution in [0.4, 0.5) is 11.4 Å². The smallest absolute Gasteiger partial charge is 0.357 e. The zero-order valence-corrected chi connectivity index (χ0v) is 30.1. The maximum Gasteiger partial charge on any atom is 0.357 e. The molecule has 13 nitrogen and oxygen atoms in total. The number of carboxylic acids is 1. The van der Waals surface area contributed by atoms with E-state index in [-0.39, 0.29) is 17.4 Å². The van der Waals surface area contributed by atoms with Gasteiger partial charge < -0.3 is 33.7 Å². The van der Waals surface area contributed by atoms with Crippen LogP contribution in [0.5, 0.6) is 0 Å². The lowest BCUT2D eigenvalue weighted by molar-refractivity contribution is 0.0690. The number of benzene rings is 2. The molecule has 0 aliphatic carbocycles. The number of aromatic nitrogens is 4. The summed E-state index contributed by atoms with van der Waals surface area (Å²) in [5.41, 5.74) is 5.97. The van der Waals surface area contributed by atoms with E-state index < -0.39 is 5.97 Å². The molecule has 0 unspecified atom stereocenters. The third kappa shape index (κ3) is 8.42. The highest BCUT2D eigenvalue weighted by atomic mass is 16.4. The minimum atomic E-state index is -1.06. The van der Waals surface area contributed by atoms with Crippen LogP contribution in [0.3, 0.4) is 0 Å². The molecular formula is C40H42N8O5. The summed E-state index contributed by atoms with van der Waals surface area (Å²) in [5.74, 6) is 0.909. The number of aryl methyl sites for hydroxylation is 2. The Morgan fingerprint density at radius 1 is 0.811 bits per heavy atom. The van der Waals surface area contributed by atoms with Crippen molar-refractivity contribution in [2.75, 3.05) is 36.0 Å². The summed E-state index contributed by atoms with van der Waals surface area (Å²) < 4.78 is 9.79. The van der Waals surface area contributed by atoms with E-state index >= 15 is 0 Å². The second-order valence-corrected chi connectivity index (χ2v) is 13.6.